The number of anilines is 1. The molecule has 6 heteroatoms. The average Bonchev–Trinajstić information content (AvgIpc) is 2.37. The summed E-state index contributed by atoms with van der Waals surface area (Å²) in [6.45, 7) is 7.60. The third-order valence-electron chi connectivity index (χ3n) is 3.28. The number of nitrogens with one attached hydrogen (secondary N) is 2. The molecule has 0 aliphatic carbocycles. The van der Waals surface area contributed by atoms with Crippen molar-refractivity contribution in [3.63, 3.8) is 0 Å². The van der Waals surface area contributed by atoms with E-state index in [0.717, 1.165) is 16.8 Å². The lowest BCUT2D eigenvalue weighted by Gasteiger charge is -2.31. The van der Waals surface area contributed by atoms with E-state index >= 15 is 0 Å². The van der Waals surface area contributed by atoms with Crippen molar-refractivity contribution in [1.82, 2.24) is 4.72 Å². The summed E-state index contributed by atoms with van der Waals surface area (Å²) in [7, 11) is 0. The van der Waals surface area contributed by atoms with Gasteiger partial charge in [-0.3, -0.25) is 0 Å². The summed E-state index contributed by atoms with van der Waals surface area (Å²) in [4.78, 5) is 0. The molecule has 116 valence electrons. The van der Waals surface area contributed by atoms with Crippen LogP contribution in [0, 0.1) is 0 Å². The number of fused-ring (bicyclic) bond motifs is 1. The van der Waals surface area contributed by atoms with Crippen LogP contribution in [0.2, 0.25) is 5.02 Å². The third kappa shape index (κ3) is 3.93. The normalized spacial score (nSPS) is 21.1. The van der Waals surface area contributed by atoms with Gasteiger partial charge in [-0.25, -0.2) is 0 Å². The number of halogens is 1. The van der Waals surface area contributed by atoms with Crippen molar-refractivity contribution in [2.75, 3.05) is 5.32 Å². The molecule has 0 saturated carbocycles. The molecule has 1 aliphatic heterocycles. The molecule has 1 heterocycles. The zero-order valence-electron chi connectivity index (χ0n) is 12.6. The molecular formula is C15H21ClN2O2S. The zero-order valence-corrected chi connectivity index (χ0v) is 14.2. The molecule has 1 aromatic rings. The SMILES string of the molecule is C[C@@H](N[S+]([O-])C(C)(C)C)C1=Cc2cc(Cl)ccc2NC1O. The highest BCUT2D eigenvalue weighted by Crippen LogP contribution is 2.30. The van der Waals surface area contributed by atoms with Gasteiger partial charge in [0.25, 0.3) is 0 Å². The summed E-state index contributed by atoms with van der Waals surface area (Å²) in [5.74, 6) is 0. The summed E-state index contributed by atoms with van der Waals surface area (Å²) in [6, 6.07) is 5.22. The van der Waals surface area contributed by atoms with Gasteiger partial charge in [-0.1, -0.05) is 11.6 Å². The van der Waals surface area contributed by atoms with Gasteiger partial charge in [0, 0.05) is 27.6 Å². The van der Waals surface area contributed by atoms with Crippen molar-refractivity contribution in [3.05, 3.63) is 34.4 Å². The fraction of sp³-hybridized carbons (Fsp3) is 0.467. The molecule has 0 saturated heterocycles. The Balaban J connectivity index is 2.22. The van der Waals surface area contributed by atoms with E-state index < -0.39 is 17.6 Å². The van der Waals surface area contributed by atoms with Crippen LogP contribution in [-0.2, 0) is 11.4 Å². The van der Waals surface area contributed by atoms with E-state index in [9.17, 15) is 9.66 Å². The van der Waals surface area contributed by atoms with Gasteiger partial charge in [-0.15, -0.1) is 4.72 Å². The Labute approximate surface area is 133 Å². The molecule has 2 rings (SSSR count). The van der Waals surface area contributed by atoms with Gasteiger partial charge in [0.15, 0.2) is 0 Å². The van der Waals surface area contributed by atoms with Crippen molar-refractivity contribution in [2.24, 2.45) is 0 Å². The van der Waals surface area contributed by atoms with Crippen molar-refractivity contribution >= 4 is 34.7 Å². The Morgan fingerprint density at radius 2 is 2.10 bits per heavy atom. The molecule has 1 aliphatic rings. The Kier molecular flexibility index (Phi) is 4.90. The maximum atomic E-state index is 12.2. The molecular weight excluding hydrogens is 308 g/mol. The molecule has 0 bridgehead atoms. The minimum absolute atomic E-state index is 0.223. The van der Waals surface area contributed by atoms with Crippen LogP contribution < -0.4 is 10.0 Å². The molecule has 0 amide bonds. The van der Waals surface area contributed by atoms with Crippen molar-refractivity contribution in [1.29, 1.82) is 0 Å². The highest BCUT2D eigenvalue weighted by molar-refractivity contribution is 7.90. The minimum Gasteiger partial charge on any atom is -0.598 e. The maximum absolute atomic E-state index is 12.2. The first kappa shape index (κ1) is 16.6. The lowest BCUT2D eigenvalue weighted by atomic mass is 9.99. The molecule has 0 fully saturated rings. The standard InChI is InChI=1S/C15H21ClN2O2S/c1-9(18-21(20)15(2,3)4)12-8-10-7-11(16)5-6-13(10)17-14(12)19/h5-9,14,17-19H,1-4H3/t9-,14?,21?/m1/s1. The third-order valence-corrected chi connectivity index (χ3v) is 5.20. The van der Waals surface area contributed by atoms with Crippen LogP contribution in [0.4, 0.5) is 5.69 Å². The molecule has 1 aromatic carbocycles. The largest absolute Gasteiger partial charge is 0.598 e. The number of aliphatic hydroxyl groups is 1. The molecule has 2 unspecified atom stereocenters. The summed E-state index contributed by atoms with van der Waals surface area (Å²) in [5, 5.41) is 13.9. The molecule has 4 nitrogen and oxygen atoms in total. The Morgan fingerprint density at radius 3 is 2.71 bits per heavy atom. The van der Waals surface area contributed by atoms with Gasteiger partial charge in [0.1, 0.15) is 11.0 Å². The number of rotatable bonds is 3. The topological polar surface area (TPSA) is 67.3 Å². The minimum atomic E-state index is -1.20. The van der Waals surface area contributed by atoms with Crippen molar-refractivity contribution in [3.8, 4) is 0 Å². The number of hydrogen-bond donors (Lipinski definition) is 3. The first-order valence-electron chi connectivity index (χ1n) is 6.82. The molecule has 0 spiro atoms. The van der Waals surface area contributed by atoms with E-state index in [2.05, 4.69) is 10.0 Å². The second-order valence-electron chi connectivity index (χ2n) is 6.14. The summed E-state index contributed by atoms with van der Waals surface area (Å²) in [6.07, 6.45) is 1.08. The van der Waals surface area contributed by atoms with Crippen molar-refractivity contribution in [2.45, 2.75) is 44.7 Å². The second kappa shape index (κ2) is 6.18. The van der Waals surface area contributed by atoms with Crippen LogP contribution in [0.3, 0.4) is 0 Å². The van der Waals surface area contributed by atoms with Gasteiger partial charge >= 0.3 is 0 Å². The predicted octanol–water partition coefficient (Wildman–Crippen LogP) is 2.91. The molecule has 21 heavy (non-hydrogen) atoms. The molecule has 0 aromatic heterocycles. The molecule has 0 radical (unpaired) electrons. The Hall–Kier alpha value is -0.720. The van der Waals surface area contributed by atoms with Crippen LogP contribution >= 0.6 is 11.6 Å². The number of aliphatic hydroxyl groups excluding tert-OH is 1. The summed E-state index contributed by atoms with van der Waals surface area (Å²) < 4.78 is 14.9. The van der Waals surface area contributed by atoms with E-state index in [-0.39, 0.29) is 10.8 Å². The lowest BCUT2D eigenvalue weighted by molar-refractivity contribution is 0.231. The fourth-order valence-corrected chi connectivity index (χ4v) is 3.03. The van der Waals surface area contributed by atoms with E-state index in [1.165, 1.54) is 0 Å². The van der Waals surface area contributed by atoms with E-state index in [1.54, 1.807) is 6.07 Å². The Bertz CT molecular complexity index is 557. The number of hydrogen-bond acceptors (Lipinski definition) is 4. The highest BCUT2D eigenvalue weighted by Gasteiger charge is 2.31. The Morgan fingerprint density at radius 1 is 1.43 bits per heavy atom. The van der Waals surface area contributed by atoms with Gasteiger partial charge in [0.2, 0.25) is 0 Å². The first-order chi connectivity index (χ1) is 9.68. The summed E-state index contributed by atoms with van der Waals surface area (Å²) in [5.41, 5.74) is 2.49. The fourth-order valence-electron chi connectivity index (χ4n) is 2.04. The monoisotopic (exact) mass is 328 g/mol. The van der Waals surface area contributed by atoms with Gasteiger partial charge < -0.3 is 15.0 Å². The van der Waals surface area contributed by atoms with E-state index in [1.807, 2.05) is 45.9 Å². The average molecular weight is 329 g/mol. The van der Waals surface area contributed by atoms with Crippen molar-refractivity contribution < 1.29 is 9.66 Å². The second-order valence-corrected chi connectivity index (χ2v) is 8.58. The van der Waals surface area contributed by atoms with Crippen LogP contribution in [0.25, 0.3) is 6.08 Å². The molecule has 3 atom stereocenters. The molecule has 3 N–H and O–H groups in total. The van der Waals surface area contributed by atoms with Gasteiger partial charge in [0.05, 0.1) is 6.04 Å². The maximum Gasteiger partial charge on any atom is 0.148 e. The highest BCUT2D eigenvalue weighted by atomic mass is 35.5. The van der Waals surface area contributed by atoms with Gasteiger partial charge in [-0.05, 0) is 57.5 Å². The van der Waals surface area contributed by atoms with Crippen LogP contribution in [0.5, 0.6) is 0 Å². The van der Waals surface area contributed by atoms with Crippen LogP contribution in [0.1, 0.15) is 33.3 Å². The number of benzene rings is 1. The van der Waals surface area contributed by atoms with Gasteiger partial charge in [-0.2, -0.15) is 0 Å². The predicted molar refractivity (Wildman–Crippen MR) is 89.6 cm³/mol. The lowest BCUT2D eigenvalue weighted by Crippen LogP contribution is -2.46. The summed E-state index contributed by atoms with van der Waals surface area (Å²) >= 11 is 4.80. The smallest absolute Gasteiger partial charge is 0.148 e. The van der Waals surface area contributed by atoms with E-state index in [4.69, 9.17) is 11.6 Å². The zero-order chi connectivity index (χ0) is 15.8. The quantitative estimate of drug-likeness (QED) is 0.746. The van der Waals surface area contributed by atoms with Crippen LogP contribution in [-0.4, -0.2) is 26.7 Å². The van der Waals surface area contributed by atoms with E-state index in [0.29, 0.717) is 5.02 Å². The first-order valence-corrected chi connectivity index (χ1v) is 8.35. The van der Waals surface area contributed by atoms with Crippen LogP contribution in [0.15, 0.2) is 23.8 Å².